The molecule has 0 heterocycles. The number of rotatable bonds is 4. The first-order valence-corrected chi connectivity index (χ1v) is 6.10. The van der Waals surface area contributed by atoms with Gasteiger partial charge in [0.05, 0.1) is 12.7 Å². The first kappa shape index (κ1) is 11.6. The van der Waals surface area contributed by atoms with Crippen LogP contribution in [0.15, 0.2) is 24.3 Å². The maximum Gasteiger partial charge on any atom is 0.0623 e. The first-order chi connectivity index (χ1) is 7.66. The predicted octanol–water partition coefficient (Wildman–Crippen LogP) is 2.15. The summed E-state index contributed by atoms with van der Waals surface area (Å²) in [6.45, 7) is 4.78. The molecule has 2 heteroatoms. The van der Waals surface area contributed by atoms with Gasteiger partial charge in [0.25, 0.3) is 0 Å². The van der Waals surface area contributed by atoms with Gasteiger partial charge in [-0.3, -0.25) is 0 Å². The molecule has 1 unspecified atom stereocenters. The molecule has 0 saturated heterocycles. The van der Waals surface area contributed by atoms with E-state index in [1.54, 1.807) is 0 Å². The Balaban J connectivity index is 1.90. The van der Waals surface area contributed by atoms with Gasteiger partial charge < -0.3 is 10.5 Å². The average molecular weight is 219 g/mol. The zero-order chi connectivity index (χ0) is 11.5. The second-order valence-electron chi connectivity index (χ2n) is 4.98. The Morgan fingerprint density at radius 2 is 1.81 bits per heavy atom. The van der Waals surface area contributed by atoms with Gasteiger partial charge in [0.15, 0.2) is 0 Å². The molecule has 0 amide bonds. The summed E-state index contributed by atoms with van der Waals surface area (Å²) in [5.41, 5.74) is 9.11. The fourth-order valence-corrected chi connectivity index (χ4v) is 2.34. The van der Waals surface area contributed by atoms with Gasteiger partial charge in [-0.1, -0.05) is 24.3 Å². The molecule has 0 radical (unpaired) electrons. The van der Waals surface area contributed by atoms with Gasteiger partial charge in [0.2, 0.25) is 0 Å². The van der Waals surface area contributed by atoms with Crippen LogP contribution >= 0.6 is 0 Å². The van der Waals surface area contributed by atoms with Crippen molar-refractivity contribution in [1.82, 2.24) is 0 Å². The van der Waals surface area contributed by atoms with E-state index in [2.05, 4.69) is 38.1 Å². The summed E-state index contributed by atoms with van der Waals surface area (Å²) in [6.07, 6.45) is 2.49. The molecular formula is C14H21NO. The average Bonchev–Trinajstić information content (AvgIpc) is 2.69. The summed E-state index contributed by atoms with van der Waals surface area (Å²) in [4.78, 5) is 0. The molecule has 0 aliphatic heterocycles. The van der Waals surface area contributed by atoms with E-state index in [9.17, 15) is 0 Å². The second kappa shape index (κ2) is 4.98. The van der Waals surface area contributed by atoms with Crippen molar-refractivity contribution in [3.8, 4) is 0 Å². The third-order valence-corrected chi connectivity index (χ3v) is 3.31. The highest BCUT2D eigenvalue weighted by Crippen LogP contribution is 2.28. The molecule has 1 aliphatic carbocycles. The molecule has 0 fully saturated rings. The van der Waals surface area contributed by atoms with Gasteiger partial charge in [-0.2, -0.15) is 0 Å². The smallest absolute Gasteiger partial charge is 0.0623 e. The molecule has 0 bridgehead atoms. The summed E-state index contributed by atoms with van der Waals surface area (Å²) < 4.78 is 5.59. The minimum absolute atomic E-state index is 0.162. The molecule has 2 nitrogen and oxygen atoms in total. The van der Waals surface area contributed by atoms with E-state index in [1.807, 2.05) is 0 Å². The fraction of sp³-hybridized carbons (Fsp3) is 0.571. The van der Waals surface area contributed by atoms with Crippen LogP contribution in [0.1, 0.15) is 25.0 Å². The Morgan fingerprint density at radius 3 is 2.31 bits per heavy atom. The van der Waals surface area contributed by atoms with Gasteiger partial charge in [0, 0.05) is 6.04 Å². The molecule has 0 aromatic heterocycles. The van der Waals surface area contributed by atoms with E-state index in [0.717, 1.165) is 12.8 Å². The van der Waals surface area contributed by atoms with Gasteiger partial charge >= 0.3 is 0 Å². The van der Waals surface area contributed by atoms with Crippen LogP contribution in [0, 0.1) is 5.92 Å². The first-order valence-electron chi connectivity index (χ1n) is 6.10. The number of benzene rings is 1. The molecule has 16 heavy (non-hydrogen) atoms. The minimum Gasteiger partial charge on any atom is -0.377 e. The third-order valence-electron chi connectivity index (χ3n) is 3.31. The number of hydrogen-bond donors (Lipinski definition) is 1. The largest absolute Gasteiger partial charge is 0.377 e. The van der Waals surface area contributed by atoms with Crippen molar-refractivity contribution in [2.45, 2.75) is 38.8 Å². The lowest BCUT2D eigenvalue weighted by Crippen LogP contribution is -2.36. The van der Waals surface area contributed by atoms with Crippen LogP contribution in [0.3, 0.4) is 0 Å². The predicted molar refractivity (Wildman–Crippen MR) is 66.4 cm³/mol. The van der Waals surface area contributed by atoms with Gasteiger partial charge in [-0.15, -0.1) is 0 Å². The van der Waals surface area contributed by atoms with Crippen molar-refractivity contribution >= 4 is 0 Å². The van der Waals surface area contributed by atoms with E-state index >= 15 is 0 Å². The van der Waals surface area contributed by atoms with Crippen molar-refractivity contribution in [2.24, 2.45) is 11.7 Å². The summed E-state index contributed by atoms with van der Waals surface area (Å²) in [5, 5.41) is 0. The zero-order valence-electron chi connectivity index (χ0n) is 10.1. The highest BCUT2D eigenvalue weighted by molar-refractivity contribution is 5.32. The SMILES string of the molecule is CC(C)OCC(N)C1Cc2ccccc2C1. The fourth-order valence-electron chi connectivity index (χ4n) is 2.34. The van der Waals surface area contributed by atoms with Crippen LogP contribution in [-0.2, 0) is 17.6 Å². The van der Waals surface area contributed by atoms with Crippen LogP contribution in [0.25, 0.3) is 0 Å². The maximum absolute atomic E-state index is 6.18. The minimum atomic E-state index is 0.162. The third kappa shape index (κ3) is 2.63. The van der Waals surface area contributed by atoms with Crippen LogP contribution in [0.4, 0.5) is 0 Å². The van der Waals surface area contributed by atoms with Crippen LogP contribution in [-0.4, -0.2) is 18.8 Å². The van der Waals surface area contributed by atoms with Crippen molar-refractivity contribution in [3.05, 3.63) is 35.4 Å². The highest BCUT2D eigenvalue weighted by Gasteiger charge is 2.26. The second-order valence-corrected chi connectivity index (χ2v) is 4.98. The van der Waals surface area contributed by atoms with Crippen molar-refractivity contribution in [2.75, 3.05) is 6.61 Å². The molecule has 1 aliphatic rings. The Kier molecular flexibility index (Phi) is 3.62. The maximum atomic E-state index is 6.18. The van der Waals surface area contributed by atoms with E-state index < -0.39 is 0 Å². The molecule has 0 saturated carbocycles. The van der Waals surface area contributed by atoms with E-state index in [1.165, 1.54) is 11.1 Å². The standard InChI is InChI=1S/C14H21NO/c1-10(2)16-9-14(15)13-7-11-5-3-4-6-12(11)8-13/h3-6,10,13-14H,7-9,15H2,1-2H3. The highest BCUT2D eigenvalue weighted by atomic mass is 16.5. The van der Waals surface area contributed by atoms with Crippen molar-refractivity contribution in [3.63, 3.8) is 0 Å². The monoisotopic (exact) mass is 219 g/mol. The topological polar surface area (TPSA) is 35.2 Å². The Morgan fingerprint density at radius 1 is 1.25 bits per heavy atom. The van der Waals surface area contributed by atoms with Gasteiger partial charge in [0.1, 0.15) is 0 Å². The van der Waals surface area contributed by atoms with Gasteiger partial charge in [-0.25, -0.2) is 0 Å². The number of ether oxygens (including phenoxy) is 1. The molecule has 88 valence electrons. The Hall–Kier alpha value is -0.860. The van der Waals surface area contributed by atoms with E-state index in [4.69, 9.17) is 10.5 Å². The van der Waals surface area contributed by atoms with Crippen LogP contribution in [0.2, 0.25) is 0 Å². The summed E-state index contributed by atoms with van der Waals surface area (Å²) in [7, 11) is 0. The molecule has 2 N–H and O–H groups in total. The normalized spacial score (nSPS) is 17.8. The summed E-state index contributed by atoms with van der Waals surface area (Å²) in [5.74, 6) is 0.552. The van der Waals surface area contributed by atoms with Crippen LogP contribution < -0.4 is 5.73 Å². The zero-order valence-corrected chi connectivity index (χ0v) is 10.1. The quantitative estimate of drug-likeness (QED) is 0.842. The lowest BCUT2D eigenvalue weighted by molar-refractivity contribution is 0.0580. The van der Waals surface area contributed by atoms with Crippen molar-refractivity contribution in [1.29, 1.82) is 0 Å². The molecular weight excluding hydrogens is 198 g/mol. The number of fused-ring (bicyclic) bond motifs is 1. The molecule has 0 spiro atoms. The van der Waals surface area contributed by atoms with Crippen LogP contribution in [0.5, 0.6) is 0 Å². The molecule has 1 atom stereocenters. The molecule has 1 aromatic carbocycles. The summed E-state index contributed by atoms with van der Waals surface area (Å²) >= 11 is 0. The molecule has 2 rings (SSSR count). The summed E-state index contributed by atoms with van der Waals surface area (Å²) in [6, 6.07) is 8.81. The van der Waals surface area contributed by atoms with Gasteiger partial charge in [-0.05, 0) is 43.7 Å². The van der Waals surface area contributed by atoms with E-state index in [-0.39, 0.29) is 12.1 Å². The Bertz CT molecular complexity index is 323. The molecule has 1 aromatic rings. The van der Waals surface area contributed by atoms with E-state index in [0.29, 0.717) is 12.5 Å². The Labute approximate surface area is 97.8 Å². The lowest BCUT2D eigenvalue weighted by Gasteiger charge is -2.20. The van der Waals surface area contributed by atoms with Crippen molar-refractivity contribution < 1.29 is 4.74 Å². The lowest BCUT2D eigenvalue weighted by atomic mass is 9.98. The number of hydrogen-bond acceptors (Lipinski definition) is 2. The number of nitrogens with two attached hydrogens (primary N) is 1.